The van der Waals surface area contributed by atoms with Crippen LogP contribution in [0.25, 0.3) is 0 Å². The minimum atomic E-state index is -0.985. The average molecular weight is 317 g/mol. The average Bonchev–Trinajstić information content (AvgIpc) is 2.94. The number of carboxylic acid groups (broad SMARTS) is 1. The fourth-order valence-corrected chi connectivity index (χ4v) is 2.19. The van der Waals surface area contributed by atoms with Gasteiger partial charge in [-0.3, -0.25) is 4.68 Å². The van der Waals surface area contributed by atoms with Gasteiger partial charge in [0, 0.05) is 13.1 Å². The third kappa shape index (κ3) is 4.48. The van der Waals surface area contributed by atoms with E-state index in [1.807, 2.05) is 31.2 Å². The minimum absolute atomic E-state index is 0.180. The van der Waals surface area contributed by atoms with Crippen LogP contribution in [0.4, 0.5) is 5.69 Å². The largest absolute Gasteiger partial charge is 0.493 e. The van der Waals surface area contributed by atoms with Gasteiger partial charge in [-0.05, 0) is 30.5 Å². The summed E-state index contributed by atoms with van der Waals surface area (Å²) in [6, 6.07) is 7.78. The molecule has 1 aromatic carbocycles. The molecule has 0 saturated heterocycles. The molecule has 0 aliphatic carbocycles. The number of hydrogen-bond acceptors (Lipinski definition) is 4. The predicted octanol–water partition coefficient (Wildman–Crippen LogP) is 3.25. The van der Waals surface area contributed by atoms with Crippen molar-refractivity contribution < 1.29 is 14.6 Å². The second-order valence-electron chi connectivity index (χ2n) is 5.73. The van der Waals surface area contributed by atoms with Gasteiger partial charge in [0.25, 0.3) is 0 Å². The molecule has 124 valence electrons. The van der Waals surface area contributed by atoms with Crippen LogP contribution in [0.1, 0.15) is 36.8 Å². The summed E-state index contributed by atoms with van der Waals surface area (Å²) in [4.78, 5) is 11.4. The van der Waals surface area contributed by atoms with Gasteiger partial charge in [0.05, 0.1) is 18.5 Å². The molecule has 2 rings (SSSR count). The molecule has 0 saturated carbocycles. The summed E-state index contributed by atoms with van der Waals surface area (Å²) in [7, 11) is 0. The zero-order valence-corrected chi connectivity index (χ0v) is 13.7. The number of anilines is 1. The number of aromatic nitrogens is 2. The summed E-state index contributed by atoms with van der Waals surface area (Å²) < 4.78 is 7.17. The fraction of sp³-hybridized carbons (Fsp3) is 0.412. The van der Waals surface area contributed by atoms with Crippen LogP contribution < -0.4 is 10.1 Å². The van der Waals surface area contributed by atoms with Gasteiger partial charge in [0.2, 0.25) is 0 Å². The van der Waals surface area contributed by atoms with Gasteiger partial charge in [-0.15, -0.1) is 0 Å². The molecule has 0 radical (unpaired) electrons. The predicted molar refractivity (Wildman–Crippen MR) is 89.0 cm³/mol. The van der Waals surface area contributed by atoms with Crippen LogP contribution in [0.3, 0.4) is 0 Å². The van der Waals surface area contributed by atoms with Crippen LogP contribution in [0.15, 0.2) is 30.5 Å². The van der Waals surface area contributed by atoms with Crippen molar-refractivity contribution in [1.29, 1.82) is 0 Å². The Morgan fingerprint density at radius 3 is 2.87 bits per heavy atom. The maximum absolute atomic E-state index is 11.4. The van der Waals surface area contributed by atoms with Crippen LogP contribution in [0.5, 0.6) is 5.75 Å². The molecule has 0 aliphatic heterocycles. The molecule has 0 aliphatic rings. The number of aromatic carboxylic acids is 1. The van der Waals surface area contributed by atoms with E-state index in [9.17, 15) is 9.90 Å². The van der Waals surface area contributed by atoms with Crippen LogP contribution >= 0.6 is 0 Å². The Kier molecular flexibility index (Phi) is 5.62. The highest BCUT2D eigenvalue weighted by molar-refractivity contribution is 5.92. The van der Waals surface area contributed by atoms with E-state index in [1.54, 1.807) is 6.20 Å². The number of hydrogen-bond donors (Lipinski definition) is 2. The second kappa shape index (κ2) is 7.67. The van der Waals surface area contributed by atoms with Gasteiger partial charge in [0.1, 0.15) is 5.75 Å². The zero-order valence-electron chi connectivity index (χ0n) is 13.7. The van der Waals surface area contributed by atoms with Crippen molar-refractivity contribution in [3.05, 3.63) is 41.7 Å². The van der Waals surface area contributed by atoms with Crippen molar-refractivity contribution in [3.8, 4) is 5.75 Å². The summed E-state index contributed by atoms with van der Waals surface area (Å²) in [5.41, 5.74) is 1.72. The van der Waals surface area contributed by atoms with Crippen molar-refractivity contribution in [2.24, 2.45) is 5.92 Å². The van der Waals surface area contributed by atoms with Crippen LogP contribution in [-0.4, -0.2) is 27.5 Å². The van der Waals surface area contributed by atoms with Crippen LogP contribution in [-0.2, 0) is 13.1 Å². The smallest absolute Gasteiger partial charge is 0.356 e. The molecule has 1 heterocycles. The van der Waals surface area contributed by atoms with Crippen molar-refractivity contribution >= 4 is 11.7 Å². The van der Waals surface area contributed by atoms with E-state index < -0.39 is 5.97 Å². The lowest BCUT2D eigenvalue weighted by atomic mass is 10.2. The molecular weight excluding hydrogens is 294 g/mol. The van der Waals surface area contributed by atoms with Gasteiger partial charge < -0.3 is 15.2 Å². The zero-order chi connectivity index (χ0) is 16.8. The molecule has 6 heteroatoms. The molecule has 0 unspecified atom stereocenters. The van der Waals surface area contributed by atoms with E-state index in [2.05, 4.69) is 24.3 Å². The Morgan fingerprint density at radius 1 is 1.43 bits per heavy atom. The Hall–Kier alpha value is -2.50. The molecule has 0 fully saturated rings. The first-order chi connectivity index (χ1) is 11.0. The molecule has 23 heavy (non-hydrogen) atoms. The minimum Gasteiger partial charge on any atom is -0.493 e. The standard InChI is InChI=1S/C17H23N3O3/c1-4-20-16(17(21)22)15(10-19-20)18-9-13-6-5-7-14(8-13)23-11-12(2)3/h5-8,10,12,18H,4,9,11H2,1-3H3,(H,21,22). The number of carboxylic acids is 1. The summed E-state index contributed by atoms with van der Waals surface area (Å²) in [5, 5.41) is 16.5. The monoisotopic (exact) mass is 317 g/mol. The lowest BCUT2D eigenvalue weighted by molar-refractivity contribution is 0.0684. The number of rotatable bonds is 8. The summed E-state index contributed by atoms with van der Waals surface area (Å²) in [6.07, 6.45) is 1.55. The third-order valence-corrected chi connectivity index (χ3v) is 3.31. The van der Waals surface area contributed by atoms with Gasteiger partial charge >= 0.3 is 5.97 Å². The Balaban J connectivity index is 2.05. The lowest BCUT2D eigenvalue weighted by Crippen LogP contribution is -2.11. The number of nitrogens with one attached hydrogen (secondary N) is 1. The van der Waals surface area contributed by atoms with E-state index in [0.29, 0.717) is 31.3 Å². The van der Waals surface area contributed by atoms with E-state index in [4.69, 9.17) is 4.74 Å². The van der Waals surface area contributed by atoms with Gasteiger partial charge in [-0.25, -0.2) is 4.79 Å². The first kappa shape index (κ1) is 16.9. The van der Waals surface area contributed by atoms with Gasteiger partial charge in [-0.1, -0.05) is 26.0 Å². The van der Waals surface area contributed by atoms with Crippen molar-refractivity contribution in [1.82, 2.24) is 9.78 Å². The van der Waals surface area contributed by atoms with Crippen molar-refractivity contribution in [3.63, 3.8) is 0 Å². The first-order valence-electron chi connectivity index (χ1n) is 7.76. The molecule has 6 nitrogen and oxygen atoms in total. The highest BCUT2D eigenvalue weighted by atomic mass is 16.5. The highest BCUT2D eigenvalue weighted by Crippen LogP contribution is 2.18. The van der Waals surface area contributed by atoms with E-state index in [1.165, 1.54) is 4.68 Å². The molecule has 0 amide bonds. The third-order valence-electron chi connectivity index (χ3n) is 3.31. The Labute approximate surface area is 136 Å². The summed E-state index contributed by atoms with van der Waals surface area (Å²) in [6.45, 7) is 7.76. The van der Waals surface area contributed by atoms with E-state index in [0.717, 1.165) is 11.3 Å². The lowest BCUT2D eigenvalue weighted by Gasteiger charge is -2.11. The number of benzene rings is 1. The summed E-state index contributed by atoms with van der Waals surface area (Å²) in [5.74, 6) is 0.302. The maximum atomic E-state index is 11.4. The number of ether oxygens (including phenoxy) is 1. The molecule has 1 aromatic heterocycles. The topological polar surface area (TPSA) is 76.4 Å². The van der Waals surface area contributed by atoms with Crippen LogP contribution in [0, 0.1) is 5.92 Å². The highest BCUT2D eigenvalue weighted by Gasteiger charge is 2.16. The molecule has 0 bridgehead atoms. The van der Waals surface area contributed by atoms with Gasteiger partial charge in [0.15, 0.2) is 5.69 Å². The van der Waals surface area contributed by atoms with Crippen molar-refractivity contribution in [2.45, 2.75) is 33.9 Å². The quantitative estimate of drug-likeness (QED) is 0.781. The Morgan fingerprint density at radius 2 is 2.22 bits per heavy atom. The number of aryl methyl sites for hydroxylation is 1. The second-order valence-corrected chi connectivity index (χ2v) is 5.73. The Bertz CT molecular complexity index is 665. The van der Waals surface area contributed by atoms with E-state index in [-0.39, 0.29) is 5.69 Å². The van der Waals surface area contributed by atoms with E-state index >= 15 is 0 Å². The maximum Gasteiger partial charge on any atom is 0.356 e. The normalized spacial score (nSPS) is 10.8. The molecule has 0 atom stereocenters. The number of carbonyl (C=O) groups is 1. The van der Waals surface area contributed by atoms with Crippen LogP contribution in [0.2, 0.25) is 0 Å². The summed E-state index contributed by atoms with van der Waals surface area (Å²) >= 11 is 0. The van der Waals surface area contributed by atoms with Gasteiger partial charge in [-0.2, -0.15) is 5.10 Å². The molecule has 2 N–H and O–H groups in total. The SMILES string of the molecule is CCn1ncc(NCc2cccc(OCC(C)C)c2)c1C(=O)O. The van der Waals surface area contributed by atoms with Crippen molar-refractivity contribution in [2.75, 3.05) is 11.9 Å². The molecule has 0 spiro atoms. The fourth-order valence-electron chi connectivity index (χ4n) is 2.19. The number of nitrogens with zero attached hydrogens (tertiary/aromatic N) is 2. The molecular formula is C17H23N3O3. The first-order valence-corrected chi connectivity index (χ1v) is 7.76. The molecule has 2 aromatic rings.